The van der Waals surface area contributed by atoms with E-state index < -0.39 is 6.04 Å². The van der Waals surface area contributed by atoms with Crippen molar-refractivity contribution >= 4 is 29.5 Å². The minimum atomic E-state index is -0.734. The van der Waals surface area contributed by atoms with E-state index in [1.807, 2.05) is 18.2 Å². The summed E-state index contributed by atoms with van der Waals surface area (Å²) < 4.78 is 0.0150. The number of amides is 3. The summed E-state index contributed by atoms with van der Waals surface area (Å²) in [6, 6.07) is 9.31. The third kappa shape index (κ3) is 14.9. The van der Waals surface area contributed by atoms with E-state index in [4.69, 9.17) is 0 Å². The standard InChI is InChI=1S/C36H57N5O3S/c1-5-6-20-38-33(42)19-13-18-30(22-28-16-11-8-12-17-28)40-35(44)32(23-31-24-37-26-39-31)41-34(43)29(25-45-36(2,3)4)21-27-14-9-7-10-15-27/h7,9-10,14-15,24,26,28-30,32H,5-6,8,11-13,16-23,25H2,1-4H3,(H,37,39)(H,38,42)(H,40,44)(H,41,43)/t29?,30?,32-/m0/s1. The van der Waals surface area contributed by atoms with E-state index in [1.165, 1.54) is 32.1 Å². The first-order valence-electron chi connectivity index (χ1n) is 17.2. The number of rotatable bonds is 19. The average molecular weight is 640 g/mol. The van der Waals surface area contributed by atoms with E-state index in [1.54, 1.807) is 24.3 Å². The number of aromatic nitrogens is 2. The summed E-state index contributed by atoms with van der Waals surface area (Å²) in [6.45, 7) is 9.30. The molecule has 1 aromatic heterocycles. The molecule has 3 amide bonds. The van der Waals surface area contributed by atoms with Gasteiger partial charge in [-0.2, -0.15) is 11.8 Å². The number of unbranched alkanes of at least 4 members (excludes halogenated alkanes) is 1. The number of benzene rings is 1. The maximum absolute atomic E-state index is 14.0. The Morgan fingerprint density at radius 3 is 2.42 bits per heavy atom. The van der Waals surface area contributed by atoms with Crippen molar-refractivity contribution in [1.29, 1.82) is 0 Å². The van der Waals surface area contributed by atoms with Crippen molar-refractivity contribution in [3.63, 3.8) is 0 Å². The van der Waals surface area contributed by atoms with Crippen LogP contribution in [0.3, 0.4) is 0 Å². The minimum absolute atomic E-state index is 0.0150. The Balaban J connectivity index is 1.72. The molecular weight excluding hydrogens is 582 g/mol. The zero-order valence-electron chi connectivity index (χ0n) is 28.0. The van der Waals surface area contributed by atoms with E-state index in [0.29, 0.717) is 37.5 Å². The molecule has 0 aliphatic heterocycles. The predicted molar refractivity (Wildman–Crippen MR) is 185 cm³/mol. The lowest BCUT2D eigenvalue weighted by molar-refractivity contribution is -0.131. The molecule has 0 saturated heterocycles. The lowest BCUT2D eigenvalue weighted by Crippen LogP contribution is -2.52. The second kappa shape index (κ2) is 19.6. The molecule has 1 heterocycles. The maximum atomic E-state index is 14.0. The van der Waals surface area contributed by atoms with Gasteiger partial charge in [0.2, 0.25) is 17.7 Å². The molecule has 3 rings (SSSR count). The topological polar surface area (TPSA) is 116 Å². The average Bonchev–Trinajstić information content (AvgIpc) is 3.53. The lowest BCUT2D eigenvalue weighted by atomic mass is 9.83. The number of hydrogen-bond donors (Lipinski definition) is 4. The molecule has 8 nitrogen and oxygen atoms in total. The van der Waals surface area contributed by atoms with Crippen LogP contribution in [0.2, 0.25) is 0 Å². The van der Waals surface area contributed by atoms with E-state index in [2.05, 4.69) is 65.7 Å². The highest BCUT2D eigenvalue weighted by molar-refractivity contribution is 8.00. The number of nitrogens with one attached hydrogen (secondary N) is 4. The van der Waals surface area contributed by atoms with Crippen molar-refractivity contribution < 1.29 is 14.4 Å². The van der Waals surface area contributed by atoms with Gasteiger partial charge in [-0.3, -0.25) is 14.4 Å². The summed E-state index contributed by atoms with van der Waals surface area (Å²) >= 11 is 1.77. The van der Waals surface area contributed by atoms with Gasteiger partial charge in [0.05, 0.1) is 12.2 Å². The van der Waals surface area contributed by atoms with Crippen molar-refractivity contribution in [3.8, 4) is 0 Å². The van der Waals surface area contributed by atoms with Gasteiger partial charge >= 0.3 is 0 Å². The van der Waals surface area contributed by atoms with Crippen LogP contribution in [-0.4, -0.2) is 56.8 Å². The number of aromatic amines is 1. The van der Waals surface area contributed by atoms with Crippen molar-refractivity contribution in [2.45, 2.75) is 128 Å². The quantitative estimate of drug-likeness (QED) is 0.133. The van der Waals surface area contributed by atoms with Gasteiger partial charge < -0.3 is 20.9 Å². The molecule has 1 aliphatic carbocycles. The molecular formula is C36H57N5O3S. The highest BCUT2D eigenvalue weighted by Gasteiger charge is 2.30. The zero-order valence-corrected chi connectivity index (χ0v) is 28.9. The van der Waals surface area contributed by atoms with Crippen LogP contribution in [0, 0.1) is 11.8 Å². The van der Waals surface area contributed by atoms with Gasteiger partial charge in [-0.25, -0.2) is 4.98 Å². The second-order valence-corrected chi connectivity index (χ2v) is 15.5. The SMILES string of the molecule is CCCCNC(=O)CCCC(CC1CCCCC1)NC(=O)[C@H](Cc1cnc[nH]1)NC(=O)C(CSC(C)(C)C)Cc1ccccc1. The number of thioether (sulfide) groups is 1. The van der Waals surface area contributed by atoms with Gasteiger partial charge in [0, 0.05) is 47.8 Å². The summed E-state index contributed by atoms with van der Waals surface area (Å²) in [5, 5.41) is 9.48. The largest absolute Gasteiger partial charge is 0.356 e. The Hall–Kier alpha value is -2.81. The van der Waals surface area contributed by atoms with Gasteiger partial charge in [-0.05, 0) is 43.6 Å². The molecule has 3 atom stereocenters. The van der Waals surface area contributed by atoms with E-state index in [-0.39, 0.29) is 34.4 Å². The first-order chi connectivity index (χ1) is 21.6. The van der Waals surface area contributed by atoms with Crippen molar-refractivity contribution in [3.05, 3.63) is 54.1 Å². The van der Waals surface area contributed by atoms with Crippen molar-refractivity contribution in [1.82, 2.24) is 25.9 Å². The third-order valence-electron chi connectivity index (χ3n) is 8.52. The minimum Gasteiger partial charge on any atom is -0.356 e. The molecule has 0 spiro atoms. The Bertz CT molecular complexity index is 1130. The van der Waals surface area contributed by atoms with Crippen LogP contribution in [0.4, 0.5) is 0 Å². The monoisotopic (exact) mass is 639 g/mol. The van der Waals surface area contributed by atoms with Crippen LogP contribution in [-0.2, 0) is 27.2 Å². The number of carbonyl (C=O) groups excluding carboxylic acids is 3. The Morgan fingerprint density at radius 1 is 1.00 bits per heavy atom. The van der Waals surface area contributed by atoms with E-state index in [9.17, 15) is 14.4 Å². The van der Waals surface area contributed by atoms with Gasteiger partial charge in [0.25, 0.3) is 0 Å². The van der Waals surface area contributed by atoms with Crippen LogP contribution in [0.5, 0.6) is 0 Å². The fraction of sp³-hybridized carbons (Fsp3) is 0.667. The Kier molecular flexibility index (Phi) is 16.0. The molecule has 2 aromatic rings. The molecule has 1 aromatic carbocycles. The van der Waals surface area contributed by atoms with Gasteiger partial charge in [0.15, 0.2) is 0 Å². The molecule has 0 bridgehead atoms. The van der Waals surface area contributed by atoms with Crippen molar-refractivity contribution in [2.75, 3.05) is 12.3 Å². The summed E-state index contributed by atoms with van der Waals surface area (Å²) in [5.74, 6) is 0.752. The van der Waals surface area contributed by atoms with Crippen LogP contribution in [0.15, 0.2) is 42.9 Å². The molecule has 1 aliphatic rings. The highest BCUT2D eigenvalue weighted by Crippen LogP contribution is 2.29. The first-order valence-corrected chi connectivity index (χ1v) is 18.1. The summed E-state index contributed by atoms with van der Waals surface area (Å²) in [4.78, 5) is 47.5. The summed E-state index contributed by atoms with van der Waals surface area (Å²) in [5.41, 5.74) is 1.90. The van der Waals surface area contributed by atoms with Crippen LogP contribution in [0.1, 0.15) is 110 Å². The van der Waals surface area contributed by atoms with Gasteiger partial charge in [-0.1, -0.05) is 96.6 Å². The number of imidazole rings is 1. The smallest absolute Gasteiger partial charge is 0.243 e. The molecule has 9 heteroatoms. The fourth-order valence-electron chi connectivity index (χ4n) is 5.97. The van der Waals surface area contributed by atoms with Crippen molar-refractivity contribution in [2.24, 2.45) is 11.8 Å². The zero-order chi connectivity index (χ0) is 32.5. The Labute approximate surface area is 275 Å². The van der Waals surface area contributed by atoms with Gasteiger partial charge in [-0.15, -0.1) is 0 Å². The normalized spacial score (nSPS) is 16.0. The summed E-state index contributed by atoms with van der Waals surface area (Å²) in [6.07, 6.45) is 15.2. The molecule has 4 N–H and O–H groups in total. The van der Waals surface area contributed by atoms with E-state index in [0.717, 1.165) is 43.4 Å². The molecule has 1 saturated carbocycles. The maximum Gasteiger partial charge on any atom is 0.243 e. The fourth-order valence-corrected chi connectivity index (χ4v) is 6.94. The first kappa shape index (κ1) is 36.7. The lowest BCUT2D eigenvalue weighted by Gasteiger charge is -2.29. The van der Waals surface area contributed by atoms with Gasteiger partial charge in [0.1, 0.15) is 6.04 Å². The molecule has 0 radical (unpaired) electrons. The number of H-pyrrole nitrogens is 1. The highest BCUT2D eigenvalue weighted by atomic mass is 32.2. The number of carbonyl (C=O) groups is 3. The molecule has 2 unspecified atom stereocenters. The van der Waals surface area contributed by atoms with Crippen LogP contribution < -0.4 is 16.0 Å². The van der Waals surface area contributed by atoms with Crippen LogP contribution in [0.25, 0.3) is 0 Å². The van der Waals surface area contributed by atoms with Crippen LogP contribution >= 0.6 is 11.8 Å². The van der Waals surface area contributed by atoms with E-state index >= 15 is 0 Å². The summed E-state index contributed by atoms with van der Waals surface area (Å²) in [7, 11) is 0. The second-order valence-electron chi connectivity index (χ2n) is 13.7. The predicted octanol–water partition coefficient (Wildman–Crippen LogP) is 6.37. The molecule has 1 fully saturated rings. The number of nitrogens with zero attached hydrogens (tertiary/aromatic N) is 1. The molecule has 250 valence electrons. The Morgan fingerprint density at radius 2 is 1.76 bits per heavy atom. The third-order valence-corrected chi connectivity index (χ3v) is 9.96. The number of hydrogen-bond acceptors (Lipinski definition) is 5. The molecule has 45 heavy (non-hydrogen) atoms.